The summed E-state index contributed by atoms with van der Waals surface area (Å²) in [4.78, 5) is 11.4. The summed E-state index contributed by atoms with van der Waals surface area (Å²) >= 11 is 6.85. The SMILES string of the molecule is CCc1cc(Cc2sc(C)nc2-c2ccc(F)cc2CO)n(C)n1.CCc1cc(Cc2sc(C)nc2Br)n(C)n1.OB1OCc2cc(F)ccc21. The first-order valence-electron chi connectivity index (χ1n) is 16.5. The summed E-state index contributed by atoms with van der Waals surface area (Å²) in [6.07, 6.45) is 3.49. The molecule has 0 saturated carbocycles. The minimum absolute atomic E-state index is 0.213. The third kappa shape index (κ3) is 9.64. The highest BCUT2D eigenvalue weighted by Crippen LogP contribution is 2.33. The topological polar surface area (TPSA) is 111 Å². The molecule has 2 aromatic carbocycles. The predicted octanol–water partition coefficient (Wildman–Crippen LogP) is 6.78. The second-order valence-electron chi connectivity index (χ2n) is 12.0. The van der Waals surface area contributed by atoms with Gasteiger partial charge in [-0.25, -0.2) is 18.7 Å². The maximum atomic E-state index is 13.5. The van der Waals surface area contributed by atoms with Gasteiger partial charge >= 0.3 is 7.12 Å². The van der Waals surface area contributed by atoms with E-state index in [1.807, 2.05) is 37.3 Å². The van der Waals surface area contributed by atoms with E-state index in [0.717, 1.165) is 72.7 Å². The van der Waals surface area contributed by atoms with Gasteiger partial charge in [0.25, 0.3) is 0 Å². The summed E-state index contributed by atoms with van der Waals surface area (Å²) in [5, 5.41) is 29.7. The number of aliphatic hydroxyl groups is 1. The highest BCUT2D eigenvalue weighted by Gasteiger charge is 2.27. The van der Waals surface area contributed by atoms with E-state index in [9.17, 15) is 13.9 Å². The van der Waals surface area contributed by atoms with Crippen LogP contribution in [0.25, 0.3) is 11.3 Å². The fourth-order valence-electron chi connectivity index (χ4n) is 5.62. The van der Waals surface area contributed by atoms with E-state index < -0.39 is 7.12 Å². The van der Waals surface area contributed by atoms with Crippen molar-refractivity contribution in [3.8, 4) is 11.3 Å². The Morgan fingerprint density at radius 3 is 1.98 bits per heavy atom. The molecule has 51 heavy (non-hydrogen) atoms. The predicted molar refractivity (Wildman–Crippen MR) is 202 cm³/mol. The minimum Gasteiger partial charge on any atom is -0.423 e. The van der Waals surface area contributed by atoms with Crippen molar-refractivity contribution in [2.24, 2.45) is 14.1 Å². The van der Waals surface area contributed by atoms with Gasteiger partial charge in [-0.05, 0) is 102 Å². The Balaban J connectivity index is 0.000000160. The van der Waals surface area contributed by atoms with Crippen molar-refractivity contribution in [3.05, 3.63) is 118 Å². The molecule has 6 aromatic rings. The minimum atomic E-state index is -0.870. The molecule has 0 atom stereocenters. The van der Waals surface area contributed by atoms with Crippen LogP contribution in [0.15, 0.2) is 53.1 Å². The van der Waals surface area contributed by atoms with Crippen LogP contribution in [0.2, 0.25) is 0 Å². The smallest absolute Gasteiger partial charge is 0.423 e. The molecule has 0 radical (unpaired) electrons. The Hall–Kier alpha value is -3.60. The van der Waals surface area contributed by atoms with Crippen LogP contribution >= 0.6 is 38.6 Å². The Morgan fingerprint density at radius 2 is 1.41 bits per heavy atom. The molecule has 9 nitrogen and oxygen atoms in total. The van der Waals surface area contributed by atoms with Gasteiger partial charge < -0.3 is 14.8 Å². The third-order valence-corrected chi connectivity index (χ3v) is 11.1. The van der Waals surface area contributed by atoms with Crippen LogP contribution in [0.5, 0.6) is 0 Å². The molecule has 1 aliphatic rings. The van der Waals surface area contributed by atoms with Crippen LogP contribution in [0.4, 0.5) is 8.78 Å². The third-order valence-electron chi connectivity index (χ3n) is 8.28. The van der Waals surface area contributed by atoms with Crippen molar-refractivity contribution in [1.29, 1.82) is 0 Å². The molecule has 0 fully saturated rings. The number of hydrogen-bond donors (Lipinski definition) is 2. The number of aliphatic hydroxyl groups excluding tert-OH is 1. The van der Waals surface area contributed by atoms with E-state index in [0.29, 0.717) is 24.1 Å². The van der Waals surface area contributed by atoms with E-state index in [1.54, 1.807) is 34.8 Å². The summed E-state index contributed by atoms with van der Waals surface area (Å²) in [6, 6.07) is 13.0. The summed E-state index contributed by atoms with van der Waals surface area (Å²) in [5.41, 5.74) is 8.13. The van der Waals surface area contributed by atoms with Crippen molar-refractivity contribution in [2.75, 3.05) is 0 Å². The summed E-state index contributed by atoms with van der Waals surface area (Å²) in [6.45, 7) is 8.28. The van der Waals surface area contributed by atoms with Gasteiger partial charge in [-0.15, -0.1) is 22.7 Å². The van der Waals surface area contributed by atoms with Gasteiger partial charge in [0.1, 0.15) is 16.2 Å². The maximum absolute atomic E-state index is 13.5. The molecule has 1 aliphatic heterocycles. The number of fused-ring (bicyclic) bond motifs is 1. The molecule has 5 heterocycles. The number of benzene rings is 2. The first-order chi connectivity index (χ1) is 24.4. The molecule has 268 valence electrons. The molecule has 0 amide bonds. The monoisotopic (exact) mass is 796 g/mol. The highest BCUT2D eigenvalue weighted by molar-refractivity contribution is 9.10. The standard InChI is InChI=1S/C18H20FN3OS.C11H14BrN3S.C7H6BFO2/c1-4-14-8-15(22(3)21-14)9-17-18(20-11(2)24-17)16-6-5-13(19)7-12(16)10-23;1-4-8-5-9(15(3)14-8)6-10-11(12)13-7(2)16-10;9-6-1-2-7-5(3-6)4-11-8(7)10/h5-8,23H,4,9-10H2,1-3H3;5H,4,6H2,1-3H3;1-3,10H,4H2. The van der Waals surface area contributed by atoms with E-state index >= 15 is 0 Å². The molecular formula is C36H40BBrF2N6O3S2. The van der Waals surface area contributed by atoms with Gasteiger partial charge in [0.05, 0.1) is 40.3 Å². The Kier molecular flexibility index (Phi) is 13.1. The molecule has 0 spiro atoms. The lowest BCUT2D eigenvalue weighted by Gasteiger charge is -2.08. The van der Waals surface area contributed by atoms with E-state index in [2.05, 4.69) is 62.1 Å². The van der Waals surface area contributed by atoms with Crippen molar-refractivity contribution in [3.63, 3.8) is 0 Å². The molecular weight excluding hydrogens is 757 g/mol. The number of rotatable bonds is 8. The van der Waals surface area contributed by atoms with E-state index in [4.69, 9.17) is 9.68 Å². The van der Waals surface area contributed by atoms with Crippen molar-refractivity contribution in [1.82, 2.24) is 29.5 Å². The van der Waals surface area contributed by atoms with Crippen LogP contribution in [0.3, 0.4) is 0 Å². The zero-order chi connectivity index (χ0) is 36.8. The second-order valence-corrected chi connectivity index (χ2v) is 15.3. The van der Waals surface area contributed by atoms with Gasteiger partial charge in [0.2, 0.25) is 0 Å². The fraction of sp³-hybridized carbons (Fsp3) is 0.333. The van der Waals surface area contributed by atoms with Crippen LogP contribution < -0.4 is 5.46 Å². The highest BCUT2D eigenvalue weighted by atomic mass is 79.9. The van der Waals surface area contributed by atoms with Crippen LogP contribution in [0, 0.1) is 25.5 Å². The van der Waals surface area contributed by atoms with Gasteiger partial charge in [0, 0.05) is 53.6 Å². The first-order valence-corrected chi connectivity index (χ1v) is 18.9. The molecule has 15 heteroatoms. The van der Waals surface area contributed by atoms with E-state index in [1.165, 1.54) is 34.8 Å². The summed E-state index contributed by atoms with van der Waals surface area (Å²) in [7, 11) is 3.07. The Labute approximate surface area is 313 Å². The van der Waals surface area contributed by atoms with Gasteiger partial charge in [-0.2, -0.15) is 10.2 Å². The zero-order valence-electron chi connectivity index (χ0n) is 29.4. The van der Waals surface area contributed by atoms with Gasteiger partial charge in [-0.3, -0.25) is 9.36 Å². The molecule has 0 saturated heterocycles. The number of halogens is 3. The molecule has 0 aliphatic carbocycles. The van der Waals surface area contributed by atoms with Gasteiger partial charge in [0.15, 0.2) is 0 Å². The Morgan fingerprint density at radius 1 is 0.843 bits per heavy atom. The average Bonchev–Trinajstić information content (AvgIpc) is 3.91. The summed E-state index contributed by atoms with van der Waals surface area (Å²) in [5.74, 6) is -0.642. The number of nitrogens with zero attached hydrogens (tertiary/aromatic N) is 6. The molecule has 0 unspecified atom stereocenters. The lowest BCUT2D eigenvalue weighted by Crippen LogP contribution is -2.27. The van der Waals surface area contributed by atoms with Crippen LogP contribution in [-0.2, 0) is 57.6 Å². The second kappa shape index (κ2) is 17.3. The van der Waals surface area contributed by atoms with Crippen molar-refractivity contribution < 1.29 is 23.6 Å². The number of thiazole rings is 2. The first kappa shape index (κ1) is 38.6. The fourth-order valence-corrected chi connectivity index (χ4v) is 8.20. The lowest BCUT2D eigenvalue weighted by atomic mass is 9.80. The van der Waals surface area contributed by atoms with Crippen LogP contribution in [0.1, 0.15) is 67.5 Å². The average molecular weight is 798 g/mol. The zero-order valence-corrected chi connectivity index (χ0v) is 32.6. The molecule has 4 aromatic heterocycles. The quantitative estimate of drug-likeness (QED) is 0.164. The summed E-state index contributed by atoms with van der Waals surface area (Å²) < 4.78 is 35.7. The molecule has 0 bridgehead atoms. The molecule has 2 N–H and O–H groups in total. The van der Waals surface area contributed by atoms with Crippen molar-refractivity contribution in [2.45, 2.75) is 66.6 Å². The normalized spacial score (nSPS) is 12.0. The largest absolute Gasteiger partial charge is 0.491 e. The lowest BCUT2D eigenvalue weighted by molar-refractivity contribution is 0.275. The van der Waals surface area contributed by atoms with Crippen LogP contribution in [-0.4, -0.2) is 46.8 Å². The maximum Gasteiger partial charge on any atom is 0.491 e. The van der Waals surface area contributed by atoms with Gasteiger partial charge in [-0.1, -0.05) is 19.9 Å². The van der Waals surface area contributed by atoms with Crippen molar-refractivity contribution >= 4 is 51.2 Å². The Bertz CT molecular complexity index is 2110. The van der Waals surface area contributed by atoms with E-state index in [-0.39, 0.29) is 18.2 Å². The molecule has 7 rings (SSSR count). The number of aryl methyl sites for hydroxylation is 6. The number of aromatic nitrogens is 6. The number of hydrogen-bond acceptors (Lipinski definition) is 9.